The van der Waals surface area contributed by atoms with E-state index in [1.165, 1.54) is 11.8 Å². The molecule has 1 heterocycles. The van der Waals surface area contributed by atoms with E-state index in [1.54, 1.807) is 29.9 Å². The Labute approximate surface area is 132 Å². The maximum atomic E-state index is 12.0. The Morgan fingerprint density at radius 3 is 3.09 bits per heavy atom. The number of hydrogen-bond donors (Lipinski definition) is 2. The third kappa shape index (κ3) is 4.01. The van der Waals surface area contributed by atoms with Crippen molar-refractivity contribution in [2.45, 2.75) is 11.7 Å². The number of nitrogen functional groups attached to an aromatic ring is 1. The largest absolute Gasteiger partial charge is 0.497 e. The quantitative estimate of drug-likeness (QED) is 0.597. The summed E-state index contributed by atoms with van der Waals surface area (Å²) in [7, 11) is 1.58. The van der Waals surface area contributed by atoms with Crippen LogP contribution in [0.3, 0.4) is 0 Å². The SMILES string of the molecule is C=CCn1c(N)nnc1SCC(=O)Nc1cccc(OC)c1. The van der Waals surface area contributed by atoms with E-state index < -0.39 is 0 Å². The Balaban J connectivity index is 1.94. The molecule has 7 nitrogen and oxygen atoms in total. The van der Waals surface area contributed by atoms with Crippen molar-refractivity contribution in [3.63, 3.8) is 0 Å². The van der Waals surface area contributed by atoms with Crippen LogP contribution in [0.25, 0.3) is 0 Å². The topological polar surface area (TPSA) is 95.1 Å². The molecule has 0 unspecified atom stereocenters. The van der Waals surface area contributed by atoms with E-state index in [-0.39, 0.29) is 11.7 Å². The van der Waals surface area contributed by atoms with Gasteiger partial charge in [-0.2, -0.15) is 0 Å². The summed E-state index contributed by atoms with van der Waals surface area (Å²) in [5.41, 5.74) is 6.38. The molecule has 0 radical (unpaired) electrons. The van der Waals surface area contributed by atoms with Gasteiger partial charge in [0.1, 0.15) is 5.75 Å². The summed E-state index contributed by atoms with van der Waals surface area (Å²) < 4.78 is 6.80. The predicted molar refractivity (Wildman–Crippen MR) is 87.0 cm³/mol. The van der Waals surface area contributed by atoms with Gasteiger partial charge in [-0.1, -0.05) is 23.9 Å². The summed E-state index contributed by atoms with van der Waals surface area (Å²) in [5.74, 6) is 1.04. The molecule has 0 saturated heterocycles. The molecule has 8 heteroatoms. The number of rotatable bonds is 7. The minimum atomic E-state index is -0.148. The van der Waals surface area contributed by atoms with Crippen LogP contribution >= 0.6 is 11.8 Å². The molecule has 2 rings (SSSR count). The Kier molecular flexibility index (Phi) is 5.42. The monoisotopic (exact) mass is 319 g/mol. The lowest BCUT2D eigenvalue weighted by Crippen LogP contribution is -2.14. The van der Waals surface area contributed by atoms with Crippen LogP contribution in [0.4, 0.5) is 11.6 Å². The van der Waals surface area contributed by atoms with Crippen molar-refractivity contribution in [2.24, 2.45) is 0 Å². The highest BCUT2D eigenvalue weighted by atomic mass is 32.2. The zero-order valence-corrected chi connectivity index (χ0v) is 13.0. The molecule has 1 amide bonds. The van der Waals surface area contributed by atoms with Gasteiger partial charge in [0.15, 0.2) is 5.16 Å². The summed E-state index contributed by atoms with van der Waals surface area (Å²) in [5, 5.41) is 11.1. The molecule has 1 aromatic heterocycles. The van der Waals surface area contributed by atoms with Crippen LogP contribution in [-0.2, 0) is 11.3 Å². The fourth-order valence-electron chi connectivity index (χ4n) is 1.74. The number of carbonyl (C=O) groups is 1. The van der Waals surface area contributed by atoms with Gasteiger partial charge in [0, 0.05) is 18.3 Å². The Hall–Kier alpha value is -2.48. The summed E-state index contributed by atoms with van der Waals surface area (Å²) >= 11 is 1.26. The fourth-order valence-corrected chi connectivity index (χ4v) is 2.49. The Morgan fingerprint density at radius 1 is 1.55 bits per heavy atom. The molecule has 0 spiro atoms. The molecule has 0 aliphatic heterocycles. The van der Waals surface area contributed by atoms with Crippen LogP contribution in [-0.4, -0.2) is 33.5 Å². The van der Waals surface area contributed by atoms with Crippen LogP contribution < -0.4 is 15.8 Å². The molecular weight excluding hydrogens is 302 g/mol. The van der Waals surface area contributed by atoms with Crippen LogP contribution in [0.2, 0.25) is 0 Å². The number of anilines is 2. The third-order valence-electron chi connectivity index (χ3n) is 2.74. The molecule has 0 fully saturated rings. The second-order valence-electron chi connectivity index (χ2n) is 4.31. The van der Waals surface area contributed by atoms with E-state index in [0.717, 1.165) is 0 Å². The normalized spacial score (nSPS) is 10.2. The van der Waals surface area contributed by atoms with Gasteiger partial charge in [-0.25, -0.2) is 0 Å². The van der Waals surface area contributed by atoms with Gasteiger partial charge in [-0.3, -0.25) is 9.36 Å². The first-order chi connectivity index (χ1) is 10.6. The maximum absolute atomic E-state index is 12.0. The van der Waals surface area contributed by atoms with Crippen molar-refractivity contribution >= 4 is 29.3 Å². The molecular formula is C14H17N5O2S. The predicted octanol–water partition coefficient (Wildman–Crippen LogP) is 1.79. The number of carbonyl (C=O) groups excluding carboxylic acids is 1. The molecule has 0 saturated carbocycles. The second kappa shape index (κ2) is 7.51. The van der Waals surface area contributed by atoms with E-state index >= 15 is 0 Å². The van der Waals surface area contributed by atoms with Crippen molar-refractivity contribution in [3.05, 3.63) is 36.9 Å². The Bertz CT molecular complexity index is 671. The van der Waals surface area contributed by atoms with Gasteiger partial charge in [0.25, 0.3) is 0 Å². The second-order valence-corrected chi connectivity index (χ2v) is 5.25. The summed E-state index contributed by atoms with van der Waals surface area (Å²) in [6.07, 6.45) is 1.69. The number of nitrogens with one attached hydrogen (secondary N) is 1. The lowest BCUT2D eigenvalue weighted by Gasteiger charge is -2.07. The van der Waals surface area contributed by atoms with Gasteiger partial charge < -0.3 is 15.8 Å². The summed E-state index contributed by atoms with van der Waals surface area (Å²) in [4.78, 5) is 12.0. The van der Waals surface area contributed by atoms with Gasteiger partial charge in [-0.05, 0) is 12.1 Å². The number of hydrogen-bond acceptors (Lipinski definition) is 6. The zero-order valence-electron chi connectivity index (χ0n) is 12.2. The molecule has 0 bridgehead atoms. The number of allylic oxidation sites excluding steroid dienone is 1. The highest BCUT2D eigenvalue weighted by Gasteiger charge is 2.11. The van der Waals surface area contributed by atoms with Crippen molar-refractivity contribution in [1.29, 1.82) is 0 Å². The van der Waals surface area contributed by atoms with Crippen molar-refractivity contribution in [3.8, 4) is 5.75 Å². The zero-order chi connectivity index (χ0) is 15.9. The molecule has 0 atom stereocenters. The number of aromatic nitrogens is 3. The lowest BCUT2D eigenvalue weighted by atomic mass is 10.3. The number of methoxy groups -OCH3 is 1. The van der Waals surface area contributed by atoms with E-state index in [4.69, 9.17) is 10.5 Å². The van der Waals surface area contributed by atoms with E-state index in [0.29, 0.717) is 29.1 Å². The number of amides is 1. The van der Waals surface area contributed by atoms with Crippen molar-refractivity contribution < 1.29 is 9.53 Å². The van der Waals surface area contributed by atoms with Gasteiger partial charge in [0.2, 0.25) is 11.9 Å². The smallest absolute Gasteiger partial charge is 0.234 e. The molecule has 2 aromatic rings. The summed E-state index contributed by atoms with van der Waals surface area (Å²) in [6, 6.07) is 7.16. The van der Waals surface area contributed by atoms with Gasteiger partial charge >= 0.3 is 0 Å². The molecule has 0 aliphatic carbocycles. The highest BCUT2D eigenvalue weighted by molar-refractivity contribution is 7.99. The molecule has 0 aliphatic rings. The minimum absolute atomic E-state index is 0.148. The number of thioether (sulfide) groups is 1. The van der Waals surface area contributed by atoms with E-state index in [9.17, 15) is 4.79 Å². The highest BCUT2D eigenvalue weighted by Crippen LogP contribution is 2.20. The number of ether oxygens (including phenoxy) is 1. The average Bonchev–Trinajstić information content (AvgIpc) is 2.86. The summed E-state index contributed by atoms with van der Waals surface area (Å²) in [6.45, 7) is 4.15. The average molecular weight is 319 g/mol. The minimum Gasteiger partial charge on any atom is -0.497 e. The fraction of sp³-hybridized carbons (Fsp3) is 0.214. The van der Waals surface area contributed by atoms with Crippen molar-refractivity contribution in [2.75, 3.05) is 23.9 Å². The first-order valence-corrected chi connectivity index (χ1v) is 7.49. The number of nitrogens with zero attached hydrogens (tertiary/aromatic N) is 3. The van der Waals surface area contributed by atoms with Crippen molar-refractivity contribution in [1.82, 2.24) is 14.8 Å². The maximum Gasteiger partial charge on any atom is 0.234 e. The third-order valence-corrected chi connectivity index (χ3v) is 3.71. The Morgan fingerprint density at radius 2 is 2.36 bits per heavy atom. The first kappa shape index (κ1) is 15.9. The number of benzene rings is 1. The molecule has 116 valence electrons. The van der Waals surface area contributed by atoms with Gasteiger partial charge in [-0.15, -0.1) is 16.8 Å². The lowest BCUT2D eigenvalue weighted by molar-refractivity contribution is -0.113. The van der Waals surface area contributed by atoms with Gasteiger partial charge in [0.05, 0.1) is 12.9 Å². The molecule has 3 N–H and O–H groups in total. The standard InChI is InChI=1S/C14H17N5O2S/c1-3-7-19-13(15)17-18-14(19)22-9-12(20)16-10-5-4-6-11(8-10)21-2/h3-6,8H,1,7,9H2,2H3,(H2,15,17)(H,16,20). The molecule has 22 heavy (non-hydrogen) atoms. The van der Waals surface area contributed by atoms with E-state index in [1.807, 2.05) is 12.1 Å². The van der Waals surface area contributed by atoms with Crippen LogP contribution in [0, 0.1) is 0 Å². The molecule has 1 aromatic carbocycles. The van der Waals surface area contributed by atoms with Crippen LogP contribution in [0.1, 0.15) is 0 Å². The first-order valence-electron chi connectivity index (χ1n) is 6.50. The number of nitrogens with two attached hydrogens (primary N) is 1. The van der Waals surface area contributed by atoms with Crippen LogP contribution in [0.15, 0.2) is 42.1 Å². The van der Waals surface area contributed by atoms with E-state index in [2.05, 4.69) is 22.1 Å². The van der Waals surface area contributed by atoms with Crippen LogP contribution in [0.5, 0.6) is 5.75 Å².